The Labute approximate surface area is 123 Å². The van der Waals surface area contributed by atoms with Crippen LogP contribution in [-0.2, 0) is 4.79 Å². The van der Waals surface area contributed by atoms with Gasteiger partial charge < -0.3 is 14.4 Å². The number of nitrogens with zero attached hydrogens (tertiary/aromatic N) is 2. The molecule has 2 aromatic heterocycles. The summed E-state index contributed by atoms with van der Waals surface area (Å²) >= 11 is 0. The van der Waals surface area contributed by atoms with Crippen molar-refractivity contribution in [2.45, 2.75) is 32.6 Å². The largest absolute Gasteiger partial charge is 0.481 e. The second-order valence-corrected chi connectivity index (χ2v) is 5.83. The Morgan fingerprint density at radius 3 is 3.14 bits per heavy atom. The molecular weight excluding hydrogens is 268 g/mol. The Balaban J connectivity index is 1.95. The number of anilines is 1. The van der Waals surface area contributed by atoms with Crippen molar-refractivity contribution in [1.29, 1.82) is 0 Å². The van der Waals surface area contributed by atoms with E-state index in [4.69, 9.17) is 4.42 Å². The number of rotatable bonds is 4. The molecule has 1 atom stereocenters. The monoisotopic (exact) mass is 288 g/mol. The fraction of sp³-hybridized carbons (Fsp3) is 0.500. The van der Waals surface area contributed by atoms with Gasteiger partial charge in [-0.05, 0) is 31.4 Å². The van der Waals surface area contributed by atoms with Crippen molar-refractivity contribution < 1.29 is 14.3 Å². The van der Waals surface area contributed by atoms with Gasteiger partial charge in [-0.15, -0.1) is 0 Å². The first-order valence-electron chi connectivity index (χ1n) is 7.47. The smallest absolute Gasteiger partial charge is 0.311 e. The van der Waals surface area contributed by atoms with Gasteiger partial charge in [-0.2, -0.15) is 0 Å². The number of pyridine rings is 1. The predicted molar refractivity (Wildman–Crippen MR) is 80.4 cm³/mol. The van der Waals surface area contributed by atoms with Gasteiger partial charge in [-0.1, -0.05) is 13.3 Å². The van der Waals surface area contributed by atoms with Gasteiger partial charge in [-0.25, -0.2) is 4.98 Å². The number of fused-ring (bicyclic) bond motifs is 1. The topological polar surface area (TPSA) is 66.6 Å². The zero-order valence-corrected chi connectivity index (χ0v) is 12.2. The highest BCUT2D eigenvalue weighted by Gasteiger charge is 2.42. The standard InChI is InChI=1S/C16H20N2O3/c1-2-6-16(15(19)20)7-3-9-18(11-16)14-12-5-10-21-13(12)4-8-17-14/h4-5,8,10H,2-3,6-7,9,11H2,1H3,(H,19,20). The molecule has 1 aliphatic heterocycles. The van der Waals surface area contributed by atoms with Crippen LogP contribution in [0.1, 0.15) is 32.6 Å². The molecule has 2 aromatic rings. The Morgan fingerprint density at radius 2 is 2.38 bits per heavy atom. The van der Waals surface area contributed by atoms with E-state index in [0.29, 0.717) is 13.0 Å². The second kappa shape index (κ2) is 5.39. The molecule has 112 valence electrons. The molecule has 0 amide bonds. The number of carbonyl (C=O) groups is 1. The minimum Gasteiger partial charge on any atom is -0.481 e. The molecular formula is C16H20N2O3. The van der Waals surface area contributed by atoms with Crippen molar-refractivity contribution in [3.05, 3.63) is 24.6 Å². The summed E-state index contributed by atoms with van der Waals surface area (Å²) in [6.45, 7) is 3.40. The molecule has 1 fully saturated rings. The Bertz CT molecular complexity index is 648. The molecule has 1 saturated heterocycles. The van der Waals surface area contributed by atoms with Crippen LogP contribution in [0.4, 0.5) is 5.82 Å². The van der Waals surface area contributed by atoms with E-state index in [0.717, 1.165) is 42.6 Å². The van der Waals surface area contributed by atoms with Crippen LogP contribution in [0.3, 0.4) is 0 Å². The van der Waals surface area contributed by atoms with Crippen molar-refractivity contribution in [1.82, 2.24) is 4.98 Å². The highest BCUT2D eigenvalue weighted by Crippen LogP contribution is 2.38. The molecule has 5 nitrogen and oxygen atoms in total. The summed E-state index contributed by atoms with van der Waals surface area (Å²) in [6, 6.07) is 3.73. The Morgan fingerprint density at radius 1 is 1.52 bits per heavy atom. The molecule has 1 aliphatic rings. The van der Waals surface area contributed by atoms with Gasteiger partial charge in [0.05, 0.1) is 17.1 Å². The summed E-state index contributed by atoms with van der Waals surface area (Å²) in [7, 11) is 0. The minimum absolute atomic E-state index is 0.521. The molecule has 5 heteroatoms. The third-order valence-corrected chi connectivity index (χ3v) is 4.42. The average Bonchev–Trinajstić information content (AvgIpc) is 2.96. The van der Waals surface area contributed by atoms with Gasteiger partial charge in [0.1, 0.15) is 11.4 Å². The van der Waals surface area contributed by atoms with Crippen LogP contribution in [0.5, 0.6) is 0 Å². The maximum absolute atomic E-state index is 11.8. The van der Waals surface area contributed by atoms with Crippen LogP contribution in [0.15, 0.2) is 29.0 Å². The molecule has 1 unspecified atom stereocenters. The lowest BCUT2D eigenvalue weighted by Gasteiger charge is -2.40. The van der Waals surface area contributed by atoms with Crippen molar-refractivity contribution in [3.63, 3.8) is 0 Å². The number of hydrogen-bond donors (Lipinski definition) is 1. The van der Waals surface area contributed by atoms with Crippen molar-refractivity contribution in [2.75, 3.05) is 18.0 Å². The van der Waals surface area contributed by atoms with Gasteiger partial charge in [0.25, 0.3) is 0 Å². The lowest BCUT2D eigenvalue weighted by Crippen LogP contribution is -2.48. The molecule has 0 aliphatic carbocycles. The SMILES string of the molecule is CCCC1(C(=O)O)CCCN(c2nccc3occc23)C1. The summed E-state index contributed by atoms with van der Waals surface area (Å²) in [5.41, 5.74) is 0.141. The van der Waals surface area contributed by atoms with Crippen LogP contribution < -0.4 is 4.90 Å². The first kappa shape index (κ1) is 13.9. The van der Waals surface area contributed by atoms with Gasteiger partial charge in [0.2, 0.25) is 0 Å². The molecule has 3 heterocycles. The van der Waals surface area contributed by atoms with E-state index in [1.54, 1.807) is 12.5 Å². The molecule has 0 bridgehead atoms. The van der Waals surface area contributed by atoms with E-state index >= 15 is 0 Å². The van der Waals surface area contributed by atoms with Gasteiger partial charge in [0.15, 0.2) is 0 Å². The van der Waals surface area contributed by atoms with Crippen LogP contribution >= 0.6 is 0 Å². The van der Waals surface area contributed by atoms with Crippen molar-refractivity contribution in [3.8, 4) is 0 Å². The fourth-order valence-corrected chi connectivity index (χ4v) is 3.41. The summed E-state index contributed by atoms with van der Waals surface area (Å²) in [4.78, 5) is 18.4. The molecule has 3 rings (SSSR count). The lowest BCUT2D eigenvalue weighted by atomic mass is 9.76. The van der Waals surface area contributed by atoms with Crippen LogP contribution in [0.25, 0.3) is 11.0 Å². The van der Waals surface area contributed by atoms with Crippen LogP contribution in [-0.4, -0.2) is 29.1 Å². The molecule has 0 spiro atoms. The first-order valence-corrected chi connectivity index (χ1v) is 7.47. The van der Waals surface area contributed by atoms with E-state index in [1.165, 1.54) is 0 Å². The number of furan rings is 1. The maximum atomic E-state index is 11.8. The first-order chi connectivity index (χ1) is 10.2. The highest BCUT2D eigenvalue weighted by atomic mass is 16.4. The zero-order valence-electron chi connectivity index (χ0n) is 12.2. The van der Waals surface area contributed by atoms with Gasteiger partial charge >= 0.3 is 5.97 Å². The zero-order chi connectivity index (χ0) is 14.9. The third-order valence-electron chi connectivity index (χ3n) is 4.42. The summed E-state index contributed by atoms with van der Waals surface area (Å²) in [5.74, 6) is 0.149. The van der Waals surface area contributed by atoms with E-state index in [1.807, 2.05) is 19.1 Å². The van der Waals surface area contributed by atoms with E-state index in [9.17, 15) is 9.90 Å². The maximum Gasteiger partial charge on any atom is 0.311 e. The number of carboxylic acids is 1. The minimum atomic E-state index is -0.687. The summed E-state index contributed by atoms with van der Waals surface area (Å²) in [6.07, 6.45) is 6.58. The van der Waals surface area contributed by atoms with Crippen LogP contribution in [0.2, 0.25) is 0 Å². The Kier molecular flexibility index (Phi) is 3.57. The third kappa shape index (κ3) is 2.37. The van der Waals surface area contributed by atoms with Crippen LogP contribution in [0, 0.1) is 5.41 Å². The number of carboxylic acid groups (broad SMARTS) is 1. The van der Waals surface area contributed by atoms with Gasteiger partial charge in [-0.3, -0.25) is 4.79 Å². The molecule has 0 saturated carbocycles. The second-order valence-electron chi connectivity index (χ2n) is 5.83. The molecule has 21 heavy (non-hydrogen) atoms. The average molecular weight is 288 g/mol. The molecule has 1 N–H and O–H groups in total. The molecule has 0 radical (unpaired) electrons. The number of hydrogen-bond acceptors (Lipinski definition) is 4. The number of piperidine rings is 1. The van der Waals surface area contributed by atoms with Crippen molar-refractivity contribution >= 4 is 22.8 Å². The number of aliphatic carboxylic acids is 1. The number of aromatic nitrogens is 1. The van der Waals surface area contributed by atoms with E-state index in [2.05, 4.69) is 9.88 Å². The van der Waals surface area contributed by atoms with Gasteiger partial charge in [0, 0.05) is 19.3 Å². The van der Waals surface area contributed by atoms with E-state index < -0.39 is 11.4 Å². The quantitative estimate of drug-likeness (QED) is 0.935. The normalized spacial score (nSPS) is 22.6. The summed E-state index contributed by atoms with van der Waals surface area (Å²) < 4.78 is 5.41. The highest BCUT2D eigenvalue weighted by molar-refractivity contribution is 5.89. The van der Waals surface area contributed by atoms with Crippen molar-refractivity contribution in [2.24, 2.45) is 5.41 Å². The molecule has 0 aromatic carbocycles. The lowest BCUT2D eigenvalue weighted by molar-refractivity contribution is -0.150. The summed E-state index contributed by atoms with van der Waals surface area (Å²) in [5, 5.41) is 10.6. The van der Waals surface area contributed by atoms with E-state index in [-0.39, 0.29) is 0 Å². The predicted octanol–water partition coefficient (Wildman–Crippen LogP) is 3.30. The fourth-order valence-electron chi connectivity index (χ4n) is 3.41. The Hall–Kier alpha value is -2.04.